The van der Waals surface area contributed by atoms with Crippen LogP contribution in [-0.2, 0) is 4.79 Å². The van der Waals surface area contributed by atoms with E-state index in [9.17, 15) is 0 Å². The van der Waals surface area contributed by atoms with Gasteiger partial charge in [-0.05, 0) is 0 Å². The number of aliphatic carboxylic acids is 1. The first-order valence-electron chi connectivity index (χ1n) is 0.928. The van der Waals surface area contributed by atoms with Crippen LogP contribution in [-0.4, -0.2) is 22.0 Å². The molecule has 0 spiro atoms. The van der Waals surface area contributed by atoms with Crippen LogP contribution in [0.4, 0.5) is 0 Å². The predicted molar refractivity (Wildman–Crippen MR) is 20.5 cm³/mol. The molecule has 0 aromatic carbocycles. The number of carbonyl (C=O) groups is 1. The minimum absolute atomic E-state index is 0. The van der Waals surface area contributed by atoms with Crippen LogP contribution in [0.5, 0.6) is 0 Å². The molecule has 0 aliphatic heterocycles. The molecule has 0 aromatic rings. The van der Waals surface area contributed by atoms with Gasteiger partial charge in [-0.2, -0.15) is 0 Å². The summed E-state index contributed by atoms with van der Waals surface area (Å²) in [6.45, 7) is 1.08. The van der Waals surface area contributed by atoms with E-state index in [1.807, 2.05) is 0 Å². The van der Waals surface area contributed by atoms with Gasteiger partial charge in [0.2, 0.25) is 0 Å². The Labute approximate surface area is 64.9 Å². The van der Waals surface area contributed by atoms with E-state index in [2.05, 4.69) is 0 Å². The molecule has 0 aliphatic rings. The minimum Gasteiger partial charge on any atom is -0.481 e. The Balaban J connectivity index is -0.0000000150. The van der Waals surface area contributed by atoms with Crippen LogP contribution < -0.4 is 0 Å². The summed E-state index contributed by atoms with van der Waals surface area (Å²) in [5.41, 5.74) is 0. The van der Waals surface area contributed by atoms with Gasteiger partial charge in [-0.1, -0.05) is 0 Å². The van der Waals surface area contributed by atoms with Crippen LogP contribution in [0, 0.1) is 31.1 Å². The quantitative estimate of drug-likeness (QED) is 0.579. The maximum Gasteiger partial charge on any atom is 0.300 e. The number of carboxylic acid groups (broad SMARTS) is 1. The average molecular weight is 334 g/mol. The van der Waals surface area contributed by atoms with Gasteiger partial charge < -0.3 is 16.1 Å². The Hall–Kier alpha value is 0.442. The Morgan fingerprint density at radius 3 is 1.43 bits per heavy atom. The molecule has 44 valence electrons. The number of hydrogen-bond acceptors (Lipinski definition) is 1. The van der Waals surface area contributed by atoms with Crippen molar-refractivity contribution in [2.75, 3.05) is 0 Å². The normalized spacial score (nSPS) is 3.57. The maximum absolute atomic E-state index is 9.00. The molecule has 5 N–H and O–H groups in total. The summed E-state index contributed by atoms with van der Waals surface area (Å²) in [6.07, 6.45) is 0. The fourth-order valence-corrected chi connectivity index (χ4v) is 0. The molecule has 5 heteroatoms. The molecule has 0 heterocycles. The van der Waals surface area contributed by atoms with Crippen LogP contribution in [0.1, 0.15) is 6.92 Å². The third-order valence-electron chi connectivity index (χ3n) is 0. The standard InChI is InChI=1S/C2H4O2.2H2O.U/c1-2(3)4;;;/h1H3,(H,3,4);2*1H2;. The molecule has 0 radical (unpaired) electrons. The molecule has 0 fully saturated rings. The molecule has 7 heavy (non-hydrogen) atoms. The van der Waals surface area contributed by atoms with Gasteiger partial charge in [-0.15, -0.1) is 0 Å². The molecule has 0 saturated heterocycles. The second-order valence-electron chi connectivity index (χ2n) is 0.519. The van der Waals surface area contributed by atoms with Gasteiger partial charge in [0.15, 0.2) is 0 Å². The molecule has 0 rings (SSSR count). The van der Waals surface area contributed by atoms with Crippen molar-refractivity contribution < 1.29 is 52.0 Å². The van der Waals surface area contributed by atoms with Crippen LogP contribution in [0.25, 0.3) is 0 Å². The topological polar surface area (TPSA) is 100 Å². The van der Waals surface area contributed by atoms with E-state index in [1.165, 1.54) is 0 Å². The Morgan fingerprint density at radius 2 is 1.43 bits per heavy atom. The second-order valence-corrected chi connectivity index (χ2v) is 0.519. The zero-order valence-corrected chi connectivity index (χ0v) is 8.02. The summed E-state index contributed by atoms with van der Waals surface area (Å²) in [7, 11) is 0. The predicted octanol–water partition coefficient (Wildman–Crippen LogP) is -1.56. The molecule has 4 nitrogen and oxygen atoms in total. The number of hydrogen-bond donors (Lipinski definition) is 1. The summed E-state index contributed by atoms with van der Waals surface area (Å²) in [5, 5.41) is 7.42. The van der Waals surface area contributed by atoms with E-state index in [0.717, 1.165) is 6.92 Å². The van der Waals surface area contributed by atoms with Crippen molar-refractivity contribution in [3.8, 4) is 0 Å². The molecule has 0 aromatic heterocycles. The van der Waals surface area contributed by atoms with Crippen LogP contribution >= 0.6 is 0 Å². The number of rotatable bonds is 0. The van der Waals surface area contributed by atoms with E-state index in [1.54, 1.807) is 0 Å². The van der Waals surface area contributed by atoms with Gasteiger partial charge in [-0.3, -0.25) is 4.79 Å². The molecule has 0 saturated carbocycles. The van der Waals surface area contributed by atoms with E-state index < -0.39 is 5.97 Å². The zero-order valence-electron chi connectivity index (χ0n) is 3.86. The number of carboxylic acids is 1. The van der Waals surface area contributed by atoms with E-state index in [4.69, 9.17) is 9.90 Å². The molecule has 0 atom stereocenters. The van der Waals surface area contributed by atoms with Gasteiger partial charge >= 0.3 is 0 Å². The first-order valence-corrected chi connectivity index (χ1v) is 0.928. The fourth-order valence-electron chi connectivity index (χ4n) is 0. The van der Waals surface area contributed by atoms with Crippen molar-refractivity contribution in [3.63, 3.8) is 0 Å². The van der Waals surface area contributed by atoms with Gasteiger partial charge in [-0.25, -0.2) is 0 Å². The Kier molecular flexibility index (Phi) is 60.0. The fraction of sp³-hybridized carbons (Fsp3) is 0.500. The second kappa shape index (κ2) is 16.1. The Bertz CT molecular complexity index is 32.7. The van der Waals surface area contributed by atoms with E-state index in [-0.39, 0.29) is 42.1 Å². The van der Waals surface area contributed by atoms with Gasteiger partial charge in [0.05, 0.1) is 0 Å². The maximum atomic E-state index is 9.00. The molecule has 0 unspecified atom stereocenters. The average Bonchev–Trinajstić information content (AvgIpc) is 0.811. The van der Waals surface area contributed by atoms with Crippen molar-refractivity contribution in [2.45, 2.75) is 6.92 Å². The minimum atomic E-state index is -0.833. The first-order chi connectivity index (χ1) is 1.73. The van der Waals surface area contributed by atoms with E-state index in [0.29, 0.717) is 0 Å². The van der Waals surface area contributed by atoms with Crippen LogP contribution in [0.3, 0.4) is 0 Å². The van der Waals surface area contributed by atoms with Crippen molar-refractivity contribution in [2.24, 2.45) is 0 Å². The van der Waals surface area contributed by atoms with Crippen LogP contribution in [0.15, 0.2) is 0 Å². The monoisotopic (exact) mass is 334 g/mol. The summed E-state index contributed by atoms with van der Waals surface area (Å²) >= 11 is 0. The summed E-state index contributed by atoms with van der Waals surface area (Å²) in [5.74, 6) is -0.833. The largest absolute Gasteiger partial charge is 0.481 e. The van der Waals surface area contributed by atoms with Crippen molar-refractivity contribution >= 4 is 5.97 Å². The van der Waals surface area contributed by atoms with Crippen molar-refractivity contribution in [3.05, 3.63) is 0 Å². The van der Waals surface area contributed by atoms with E-state index >= 15 is 0 Å². The molecular formula is C2H8O4U. The van der Waals surface area contributed by atoms with Gasteiger partial charge in [0.1, 0.15) is 0 Å². The van der Waals surface area contributed by atoms with Gasteiger partial charge in [0, 0.05) is 38.0 Å². The Morgan fingerprint density at radius 1 is 1.43 bits per heavy atom. The van der Waals surface area contributed by atoms with Crippen molar-refractivity contribution in [1.82, 2.24) is 0 Å². The summed E-state index contributed by atoms with van der Waals surface area (Å²) in [6, 6.07) is 0. The third-order valence-corrected chi connectivity index (χ3v) is 0. The van der Waals surface area contributed by atoms with Gasteiger partial charge in [0.25, 0.3) is 5.97 Å². The molecule has 0 bridgehead atoms. The smallest absolute Gasteiger partial charge is 0.300 e. The van der Waals surface area contributed by atoms with Crippen molar-refractivity contribution in [1.29, 1.82) is 0 Å². The molecule has 0 amide bonds. The summed E-state index contributed by atoms with van der Waals surface area (Å²) in [4.78, 5) is 9.00. The molecule has 0 aliphatic carbocycles. The molecular weight excluding hydrogens is 326 g/mol. The first kappa shape index (κ1) is 26.1. The summed E-state index contributed by atoms with van der Waals surface area (Å²) < 4.78 is 0. The SMILES string of the molecule is CC(=O)O.O.O.[U]. The zero-order chi connectivity index (χ0) is 3.58. The third kappa shape index (κ3) is 651. The van der Waals surface area contributed by atoms with Crippen LogP contribution in [0.2, 0.25) is 0 Å².